The summed E-state index contributed by atoms with van der Waals surface area (Å²) in [5.74, 6) is -0.338. The molecule has 0 atom stereocenters. The Morgan fingerprint density at radius 2 is 2.11 bits per heavy atom. The van der Waals surface area contributed by atoms with Crippen molar-refractivity contribution in [1.29, 1.82) is 0 Å². The first-order valence-corrected chi connectivity index (χ1v) is 8.37. The molecular formula is C12H11BrFNO3S. The summed E-state index contributed by atoms with van der Waals surface area (Å²) in [4.78, 5) is -0.0633. The van der Waals surface area contributed by atoms with Crippen LogP contribution in [0.15, 0.2) is 27.6 Å². The lowest BCUT2D eigenvalue weighted by Gasteiger charge is -2.03. The number of aromatic nitrogens is 1. The number of nitrogens with zero attached hydrogens (tertiary/aromatic N) is 1. The normalized spacial score (nSPS) is 11.8. The number of rotatable bonds is 3. The minimum atomic E-state index is -3.43. The highest BCUT2D eigenvalue weighted by Gasteiger charge is 2.18. The highest BCUT2D eigenvalue weighted by molar-refractivity contribution is 9.08. The first kappa shape index (κ1) is 14.2. The third-order valence-corrected chi connectivity index (χ3v) is 4.40. The van der Waals surface area contributed by atoms with Gasteiger partial charge in [0.2, 0.25) is 0 Å². The fourth-order valence-corrected chi connectivity index (χ4v) is 2.81. The van der Waals surface area contributed by atoms with Crippen LogP contribution in [0.4, 0.5) is 4.39 Å². The summed E-state index contributed by atoms with van der Waals surface area (Å²) in [6, 6.07) is 3.72. The summed E-state index contributed by atoms with van der Waals surface area (Å²) >= 11 is 3.25. The van der Waals surface area contributed by atoms with Crippen LogP contribution in [0.3, 0.4) is 0 Å². The molecule has 0 aliphatic carbocycles. The summed E-state index contributed by atoms with van der Waals surface area (Å²) in [5, 5.41) is 4.32. The van der Waals surface area contributed by atoms with Crippen LogP contribution in [0.1, 0.15) is 11.3 Å². The lowest BCUT2D eigenvalue weighted by molar-refractivity contribution is 0.424. The van der Waals surface area contributed by atoms with Gasteiger partial charge in [0.25, 0.3) is 0 Å². The summed E-state index contributed by atoms with van der Waals surface area (Å²) in [6.45, 7) is 1.77. The van der Waals surface area contributed by atoms with Gasteiger partial charge >= 0.3 is 0 Å². The van der Waals surface area contributed by atoms with Gasteiger partial charge in [-0.1, -0.05) is 21.1 Å². The van der Waals surface area contributed by atoms with Crippen molar-refractivity contribution in [2.45, 2.75) is 17.1 Å². The maximum absolute atomic E-state index is 14.0. The molecule has 0 N–H and O–H groups in total. The van der Waals surface area contributed by atoms with Crippen LogP contribution in [0.25, 0.3) is 11.3 Å². The molecule has 2 rings (SSSR count). The van der Waals surface area contributed by atoms with Crippen LogP contribution in [-0.4, -0.2) is 19.8 Å². The fraction of sp³-hybridized carbons (Fsp3) is 0.250. The van der Waals surface area contributed by atoms with Crippen LogP contribution in [0, 0.1) is 12.7 Å². The van der Waals surface area contributed by atoms with E-state index in [-0.39, 0.29) is 10.5 Å². The molecule has 0 bridgehead atoms. The number of hydrogen-bond acceptors (Lipinski definition) is 4. The molecule has 0 fully saturated rings. The maximum Gasteiger partial charge on any atom is 0.175 e. The molecular weight excluding hydrogens is 337 g/mol. The molecule has 1 aromatic carbocycles. The third-order valence-electron chi connectivity index (χ3n) is 2.76. The molecule has 19 heavy (non-hydrogen) atoms. The standard InChI is InChI=1S/C12H11BrFNO3S/c1-7-11(6-13)15-18-12(7)9-4-3-8(5-10(9)14)19(2,16)17/h3-5H,6H2,1-2H3. The van der Waals surface area contributed by atoms with Gasteiger partial charge in [-0.25, -0.2) is 12.8 Å². The van der Waals surface area contributed by atoms with E-state index in [4.69, 9.17) is 4.52 Å². The van der Waals surface area contributed by atoms with Gasteiger partial charge < -0.3 is 4.52 Å². The van der Waals surface area contributed by atoms with Gasteiger partial charge in [-0.3, -0.25) is 0 Å². The van der Waals surface area contributed by atoms with Gasteiger partial charge in [0, 0.05) is 17.1 Å². The molecule has 0 saturated carbocycles. The zero-order valence-corrected chi connectivity index (χ0v) is 12.7. The van der Waals surface area contributed by atoms with Crippen molar-refractivity contribution in [3.8, 4) is 11.3 Å². The van der Waals surface area contributed by atoms with Crippen LogP contribution in [0.5, 0.6) is 0 Å². The van der Waals surface area contributed by atoms with E-state index in [0.29, 0.717) is 16.8 Å². The zero-order chi connectivity index (χ0) is 14.2. The Bertz CT molecular complexity index is 725. The van der Waals surface area contributed by atoms with Crippen molar-refractivity contribution in [1.82, 2.24) is 5.16 Å². The topological polar surface area (TPSA) is 60.2 Å². The Balaban J connectivity index is 2.55. The molecule has 0 radical (unpaired) electrons. The van der Waals surface area contributed by atoms with E-state index >= 15 is 0 Å². The quantitative estimate of drug-likeness (QED) is 0.800. The largest absolute Gasteiger partial charge is 0.356 e. The first-order valence-electron chi connectivity index (χ1n) is 5.35. The molecule has 0 aliphatic rings. The summed E-state index contributed by atoms with van der Waals surface area (Å²) in [5.41, 5.74) is 1.61. The monoisotopic (exact) mass is 347 g/mol. The fourth-order valence-electron chi connectivity index (χ4n) is 1.66. The van der Waals surface area contributed by atoms with Gasteiger partial charge in [-0.05, 0) is 25.1 Å². The zero-order valence-electron chi connectivity index (χ0n) is 10.3. The molecule has 0 aliphatic heterocycles. The molecule has 2 aromatic rings. The van der Waals surface area contributed by atoms with Crippen molar-refractivity contribution in [2.24, 2.45) is 0 Å². The van der Waals surface area contributed by atoms with E-state index in [2.05, 4.69) is 21.1 Å². The Morgan fingerprint density at radius 3 is 2.58 bits per heavy atom. The molecule has 4 nitrogen and oxygen atoms in total. The summed E-state index contributed by atoms with van der Waals surface area (Å²) in [6.07, 6.45) is 1.03. The van der Waals surface area contributed by atoms with E-state index in [1.165, 1.54) is 12.1 Å². The van der Waals surface area contributed by atoms with Gasteiger partial charge in [0.05, 0.1) is 16.2 Å². The number of hydrogen-bond donors (Lipinski definition) is 0. The van der Waals surface area contributed by atoms with E-state index in [0.717, 1.165) is 17.9 Å². The number of benzene rings is 1. The van der Waals surface area contributed by atoms with Crippen LogP contribution in [-0.2, 0) is 15.2 Å². The average Bonchev–Trinajstić information content (AvgIpc) is 2.69. The first-order chi connectivity index (χ1) is 8.84. The van der Waals surface area contributed by atoms with Gasteiger partial charge in [0.15, 0.2) is 15.6 Å². The predicted molar refractivity (Wildman–Crippen MR) is 72.4 cm³/mol. The number of sulfone groups is 1. The summed E-state index contributed by atoms with van der Waals surface area (Å²) in [7, 11) is -3.43. The van der Waals surface area contributed by atoms with Crippen molar-refractivity contribution < 1.29 is 17.3 Å². The lowest BCUT2D eigenvalue weighted by Crippen LogP contribution is -1.98. The Kier molecular flexibility index (Phi) is 3.78. The molecule has 1 aromatic heterocycles. The minimum absolute atomic E-state index is 0.0633. The molecule has 102 valence electrons. The second kappa shape index (κ2) is 5.05. The minimum Gasteiger partial charge on any atom is -0.356 e. The van der Waals surface area contributed by atoms with Gasteiger partial charge in [-0.15, -0.1) is 0 Å². The predicted octanol–water partition coefficient (Wildman–Crippen LogP) is 3.09. The van der Waals surface area contributed by atoms with Crippen molar-refractivity contribution >= 4 is 25.8 Å². The van der Waals surface area contributed by atoms with E-state index in [1.807, 2.05) is 0 Å². The van der Waals surface area contributed by atoms with E-state index < -0.39 is 15.7 Å². The Labute approximate surface area is 118 Å². The second-order valence-corrected chi connectivity index (χ2v) is 6.71. The molecule has 0 saturated heterocycles. The lowest BCUT2D eigenvalue weighted by atomic mass is 10.1. The highest BCUT2D eigenvalue weighted by atomic mass is 79.9. The van der Waals surface area contributed by atoms with Gasteiger partial charge in [0.1, 0.15) is 5.82 Å². The Hall–Kier alpha value is -1.21. The van der Waals surface area contributed by atoms with Crippen LogP contribution < -0.4 is 0 Å². The van der Waals surface area contributed by atoms with Gasteiger partial charge in [-0.2, -0.15) is 0 Å². The van der Waals surface area contributed by atoms with Crippen molar-refractivity contribution in [3.63, 3.8) is 0 Å². The van der Waals surface area contributed by atoms with E-state index in [9.17, 15) is 12.8 Å². The third kappa shape index (κ3) is 2.71. The molecule has 7 heteroatoms. The van der Waals surface area contributed by atoms with Crippen LogP contribution >= 0.6 is 15.9 Å². The molecule has 1 heterocycles. The molecule has 0 amide bonds. The van der Waals surface area contributed by atoms with Crippen LogP contribution in [0.2, 0.25) is 0 Å². The highest BCUT2D eigenvalue weighted by Crippen LogP contribution is 2.30. The second-order valence-electron chi connectivity index (χ2n) is 4.13. The van der Waals surface area contributed by atoms with Crippen molar-refractivity contribution in [2.75, 3.05) is 6.26 Å². The number of alkyl halides is 1. The number of halogens is 2. The Morgan fingerprint density at radius 1 is 1.42 bits per heavy atom. The smallest absolute Gasteiger partial charge is 0.175 e. The van der Waals surface area contributed by atoms with Crippen molar-refractivity contribution in [3.05, 3.63) is 35.3 Å². The average molecular weight is 348 g/mol. The maximum atomic E-state index is 14.0. The summed E-state index contributed by atoms with van der Waals surface area (Å²) < 4.78 is 41.8. The SMILES string of the molecule is Cc1c(CBr)noc1-c1ccc(S(C)(=O)=O)cc1F. The molecule has 0 spiro atoms. The molecule has 0 unspecified atom stereocenters. The van der Waals surface area contributed by atoms with E-state index in [1.54, 1.807) is 6.92 Å².